The van der Waals surface area contributed by atoms with E-state index in [0.717, 1.165) is 13.5 Å². The SMILES string of the molecule is COP(=O)(O)OCCCCCCNC(=O)CCCCC(=O)[C@H](CCC(=O)NCCCCO[C@@H]1O[C@H](CO)[C@H](O)[C@H](O)[C@H]1C)NC(=O)[C@H](CCC(=O)NCCCCO[C@@H]1O[C@H](CO)[C@H](O)[C@H](O)[C@H]1NC(C)=O)CC(=O)CCCCO[C@@H]1O[C@H](CO)[C@H](O)[C@H](O)[C@H]1C. The Balaban J connectivity index is 1.64. The molecule has 3 saturated heterocycles. The second-order valence-electron chi connectivity index (χ2n) is 23.2. The molecular weight excluding hydrogens is 1210 g/mol. The first-order valence-corrected chi connectivity index (χ1v) is 33.0. The van der Waals surface area contributed by atoms with Crippen molar-refractivity contribution >= 4 is 48.9 Å². The first kappa shape index (κ1) is 80.4. The number of phosphoric acid groups is 1. The number of rotatable bonds is 47. The summed E-state index contributed by atoms with van der Waals surface area (Å²) in [6.45, 7) is 3.87. The molecule has 0 spiro atoms. The van der Waals surface area contributed by atoms with Gasteiger partial charge in [0.1, 0.15) is 54.6 Å². The molecule has 18 atom stereocenters. The van der Waals surface area contributed by atoms with Crippen LogP contribution in [0.5, 0.6) is 0 Å². The molecule has 0 aliphatic carbocycles. The average Bonchev–Trinajstić information content (AvgIpc) is 1.13. The van der Waals surface area contributed by atoms with Crippen LogP contribution in [0.25, 0.3) is 0 Å². The monoisotopic (exact) mass is 1320 g/mol. The van der Waals surface area contributed by atoms with Crippen LogP contribution in [-0.4, -0.2) is 251 Å². The van der Waals surface area contributed by atoms with Crippen LogP contribution in [0.4, 0.5) is 0 Å². The van der Waals surface area contributed by atoms with Crippen LogP contribution in [0.1, 0.15) is 149 Å². The molecule has 90 heavy (non-hydrogen) atoms. The Hall–Kier alpha value is -3.80. The van der Waals surface area contributed by atoms with Crippen molar-refractivity contribution in [2.24, 2.45) is 17.8 Å². The van der Waals surface area contributed by atoms with Crippen LogP contribution < -0.4 is 26.6 Å². The third kappa shape index (κ3) is 29.7. The highest BCUT2D eigenvalue weighted by Crippen LogP contribution is 2.42. The first-order chi connectivity index (χ1) is 42.9. The summed E-state index contributed by atoms with van der Waals surface area (Å²) in [6, 6.07) is -2.34. The number of nitrogens with one attached hydrogen (secondary N) is 5. The van der Waals surface area contributed by atoms with Crippen LogP contribution in [0, 0.1) is 17.8 Å². The molecule has 0 saturated carbocycles. The maximum absolute atomic E-state index is 14.3. The number of aliphatic hydroxyl groups is 9. The van der Waals surface area contributed by atoms with Crippen LogP contribution in [0.3, 0.4) is 0 Å². The maximum atomic E-state index is 14.3. The average molecular weight is 1320 g/mol. The summed E-state index contributed by atoms with van der Waals surface area (Å²) in [5.74, 6) is -5.45. The van der Waals surface area contributed by atoms with E-state index >= 15 is 0 Å². The van der Waals surface area contributed by atoms with Crippen molar-refractivity contribution in [3.63, 3.8) is 0 Å². The van der Waals surface area contributed by atoms with Gasteiger partial charge in [0, 0.05) is 110 Å². The van der Waals surface area contributed by atoms with E-state index < -0.39 is 161 Å². The van der Waals surface area contributed by atoms with Crippen LogP contribution in [-0.2, 0) is 75.6 Å². The zero-order valence-corrected chi connectivity index (χ0v) is 53.4. The number of amides is 5. The number of unbranched alkanes of at least 4 members (excludes halogenated alkanes) is 7. The van der Waals surface area contributed by atoms with Crippen molar-refractivity contribution < 1.29 is 126 Å². The van der Waals surface area contributed by atoms with Crippen LogP contribution >= 0.6 is 7.82 Å². The molecule has 3 aliphatic heterocycles. The molecule has 31 nitrogen and oxygen atoms in total. The summed E-state index contributed by atoms with van der Waals surface area (Å²) in [4.78, 5) is 102. The standard InChI is InChI=1S/C58H104N5O26P/c1-35-49(73)51(75)42(32-64)87-56(35)83-27-14-9-17-39(68)31-38(20-22-46(71)60-25-12-16-29-85-58-48(62-37(3)67)54(78)53(77)44(34-66)89-58)55(79)63-40(41(69)18-7-8-19-45(70)59-24-10-5-6-13-30-86-90(80,81)82-4)21-23-47(72)61-26-11-15-28-84-57-36(2)50(74)52(76)43(33-65)88-57/h35-36,38,40,42-44,48-54,56-58,64-66,73-78H,5-34H2,1-4H3,(H,59,70)(H,60,71)(H,61,72)(H,62,67)(H,63,79)(H,80,81)/t35-,36-,38-,40+,42-,43-,44-,48-,49-,50-,51+,52+,53+,54-,56-,57-,58-/m1/s1. The lowest BCUT2D eigenvalue weighted by atomic mass is 9.92. The fourth-order valence-electron chi connectivity index (χ4n) is 10.3. The lowest BCUT2D eigenvalue weighted by molar-refractivity contribution is -0.282. The third-order valence-electron chi connectivity index (χ3n) is 16.0. The topological polar surface area (TPSA) is 473 Å². The Kier molecular flexibility index (Phi) is 39.3. The van der Waals surface area contributed by atoms with Gasteiger partial charge in [-0.25, -0.2) is 4.57 Å². The predicted molar refractivity (Wildman–Crippen MR) is 317 cm³/mol. The van der Waals surface area contributed by atoms with Gasteiger partial charge in [-0.1, -0.05) is 26.7 Å². The van der Waals surface area contributed by atoms with Crippen molar-refractivity contribution in [2.45, 2.75) is 235 Å². The Labute approximate surface area is 526 Å². The van der Waals surface area contributed by atoms with Gasteiger partial charge in [-0.3, -0.25) is 42.6 Å². The zero-order chi connectivity index (χ0) is 66.8. The van der Waals surface area contributed by atoms with Gasteiger partial charge in [0.15, 0.2) is 24.7 Å². The third-order valence-corrected chi connectivity index (χ3v) is 17.0. The summed E-state index contributed by atoms with van der Waals surface area (Å²) >= 11 is 0. The molecule has 0 bridgehead atoms. The molecule has 3 fully saturated rings. The molecule has 1 unspecified atom stereocenters. The van der Waals surface area contributed by atoms with E-state index in [0.29, 0.717) is 70.8 Å². The Morgan fingerprint density at radius 3 is 1.44 bits per heavy atom. The molecule has 3 rings (SSSR count). The van der Waals surface area contributed by atoms with Crippen LogP contribution in [0.2, 0.25) is 0 Å². The van der Waals surface area contributed by atoms with Crippen molar-refractivity contribution in [1.29, 1.82) is 0 Å². The van der Waals surface area contributed by atoms with E-state index in [1.54, 1.807) is 13.8 Å². The number of ether oxygens (including phenoxy) is 6. The number of hydrogen-bond donors (Lipinski definition) is 15. The highest BCUT2D eigenvalue weighted by molar-refractivity contribution is 7.47. The first-order valence-electron chi connectivity index (χ1n) is 31.5. The zero-order valence-electron chi connectivity index (χ0n) is 52.5. The predicted octanol–water partition coefficient (Wildman–Crippen LogP) is -1.72. The molecule has 3 aliphatic rings. The van der Waals surface area contributed by atoms with Crippen LogP contribution in [0.15, 0.2) is 0 Å². The van der Waals surface area contributed by atoms with Crippen molar-refractivity contribution in [3.05, 3.63) is 0 Å². The molecule has 0 aromatic heterocycles. The normalized spacial score (nSPS) is 28.2. The van der Waals surface area contributed by atoms with E-state index in [1.807, 2.05) is 0 Å². The summed E-state index contributed by atoms with van der Waals surface area (Å²) < 4.78 is 54.7. The Bertz CT molecular complexity index is 2170. The summed E-state index contributed by atoms with van der Waals surface area (Å²) in [5.41, 5.74) is 0. The highest BCUT2D eigenvalue weighted by Gasteiger charge is 2.46. The van der Waals surface area contributed by atoms with Gasteiger partial charge >= 0.3 is 7.82 Å². The number of phosphoric ester groups is 1. The van der Waals surface area contributed by atoms with Gasteiger partial charge in [-0.15, -0.1) is 0 Å². The maximum Gasteiger partial charge on any atom is 0.471 e. The van der Waals surface area contributed by atoms with Gasteiger partial charge in [0.05, 0.1) is 44.7 Å². The molecule has 522 valence electrons. The van der Waals surface area contributed by atoms with Crippen molar-refractivity contribution in [2.75, 3.05) is 73.0 Å². The number of carbonyl (C=O) groups excluding carboxylic acids is 7. The summed E-state index contributed by atoms with van der Waals surface area (Å²) in [5, 5.41) is 104. The van der Waals surface area contributed by atoms with E-state index in [2.05, 4.69) is 31.1 Å². The molecular formula is C58H104N5O26P. The molecule has 0 aromatic rings. The van der Waals surface area contributed by atoms with Gasteiger partial charge in [0.25, 0.3) is 0 Å². The second-order valence-corrected chi connectivity index (χ2v) is 24.8. The lowest BCUT2D eigenvalue weighted by Crippen LogP contribution is -2.64. The number of ketones is 2. The quantitative estimate of drug-likeness (QED) is 0.0238. The highest BCUT2D eigenvalue weighted by atomic mass is 31.2. The van der Waals surface area contributed by atoms with Gasteiger partial charge in [-0.2, -0.15) is 0 Å². The largest absolute Gasteiger partial charge is 0.471 e. The van der Waals surface area contributed by atoms with E-state index in [9.17, 15) is 89.0 Å². The molecule has 0 aromatic carbocycles. The van der Waals surface area contributed by atoms with E-state index in [-0.39, 0.29) is 109 Å². The molecule has 32 heteroatoms. The molecule has 15 N–H and O–H groups in total. The fraction of sp³-hybridized carbons (Fsp3) is 0.879. The fourth-order valence-corrected chi connectivity index (χ4v) is 10.8. The van der Waals surface area contributed by atoms with Gasteiger partial charge in [-0.05, 0) is 77.0 Å². The number of aliphatic hydroxyl groups excluding tert-OH is 9. The van der Waals surface area contributed by atoms with Gasteiger partial charge in [0.2, 0.25) is 29.5 Å². The number of hydrogen-bond acceptors (Lipinski definition) is 25. The van der Waals surface area contributed by atoms with Crippen molar-refractivity contribution in [3.8, 4) is 0 Å². The molecule has 0 radical (unpaired) electrons. The van der Waals surface area contributed by atoms with Gasteiger partial charge < -0.3 is 106 Å². The number of Topliss-reactive ketones (excluding diaryl/α,β-unsaturated/α-hetero) is 2. The molecule has 3 heterocycles. The Morgan fingerprint density at radius 1 is 0.511 bits per heavy atom. The Morgan fingerprint density at radius 2 is 0.933 bits per heavy atom. The minimum Gasteiger partial charge on any atom is -0.394 e. The minimum absolute atomic E-state index is 0.00493. The minimum atomic E-state index is -4.04. The number of carbonyl (C=O) groups is 7. The van der Waals surface area contributed by atoms with E-state index in [4.69, 9.17) is 32.9 Å². The lowest BCUT2D eigenvalue weighted by Gasteiger charge is -2.42. The second kappa shape index (κ2) is 44.0. The molecule has 5 amide bonds. The summed E-state index contributed by atoms with van der Waals surface area (Å²) in [6.07, 6.45) is -9.76. The summed E-state index contributed by atoms with van der Waals surface area (Å²) in [7, 11) is -2.97. The smallest absolute Gasteiger partial charge is 0.394 e. The van der Waals surface area contributed by atoms with E-state index in [1.165, 1.54) is 6.92 Å². The van der Waals surface area contributed by atoms with Crippen molar-refractivity contribution in [1.82, 2.24) is 26.6 Å².